The molecule has 0 radical (unpaired) electrons. The Hall–Kier alpha value is -3.41. The lowest BCUT2D eigenvalue weighted by atomic mass is 10.1. The number of hydrogen-bond donors (Lipinski definition) is 1. The summed E-state index contributed by atoms with van der Waals surface area (Å²) in [5.74, 6) is 0.550. The standard InChI is InChI=1S/C23H23FN2O3/c1-2-28-22-15-19(7-8-21(22)29-16-17-9-12-25-13-10-17)23(27)26-14-11-18-5-3-4-6-20(18)24/h3-10,12-13,15H,2,11,14,16H2,1H3,(H,26,27). The van der Waals surface area contributed by atoms with Crippen molar-refractivity contribution in [2.45, 2.75) is 20.0 Å². The zero-order chi connectivity index (χ0) is 20.5. The number of rotatable bonds is 9. The number of nitrogens with one attached hydrogen (secondary N) is 1. The van der Waals surface area contributed by atoms with Gasteiger partial charge in [-0.25, -0.2) is 4.39 Å². The summed E-state index contributed by atoms with van der Waals surface area (Å²) in [4.78, 5) is 16.4. The number of aromatic nitrogens is 1. The Kier molecular flexibility index (Phi) is 7.16. The van der Waals surface area contributed by atoms with Crippen molar-refractivity contribution in [3.05, 3.63) is 89.5 Å². The summed E-state index contributed by atoms with van der Waals surface area (Å²) in [6.45, 7) is 3.03. The molecule has 0 unspecified atom stereocenters. The Labute approximate surface area is 169 Å². The van der Waals surface area contributed by atoms with Crippen molar-refractivity contribution in [1.82, 2.24) is 10.3 Å². The molecule has 1 heterocycles. The van der Waals surface area contributed by atoms with Crippen LogP contribution in [0, 0.1) is 5.82 Å². The maximum atomic E-state index is 13.7. The molecule has 0 aliphatic rings. The number of halogens is 1. The minimum atomic E-state index is -0.268. The van der Waals surface area contributed by atoms with Crippen molar-refractivity contribution in [3.8, 4) is 11.5 Å². The van der Waals surface area contributed by atoms with E-state index < -0.39 is 0 Å². The van der Waals surface area contributed by atoms with E-state index in [0.717, 1.165) is 5.56 Å². The third-order valence-corrected chi connectivity index (χ3v) is 4.29. The second kappa shape index (κ2) is 10.2. The molecule has 1 N–H and O–H groups in total. The van der Waals surface area contributed by atoms with Crippen molar-refractivity contribution in [2.75, 3.05) is 13.2 Å². The van der Waals surface area contributed by atoms with Crippen LogP contribution in [-0.2, 0) is 13.0 Å². The number of hydrogen-bond acceptors (Lipinski definition) is 4. The average molecular weight is 394 g/mol. The topological polar surface area (TPSA) is 60.5 Å². The van der Waals surface area contributed by atoms with Crippen molar-refractivity contribution >= 4 is 5.91 Å². The largest absolute Gasteiger partial charge is 0.490 e. The summed E-state index contributed by atoms with van der Waals surface area (Å²) in [5.41, 5.74) is 2.01. The maximum Gasteiger partial charge on any atom is 0.251 e. The summed E-state index contributed by atoms with van der Waals surface area (Å²) >= 11 is 0. The number of ether oxygens (including phenoxy) is 2. The molecule has 0 spiro atoms. The fourth-order valence-electron chi connectivity index (χ4n) is 2.79. The number of carbonyl (C=O) groups is 1. The van der Waals surface area contributed by atoms with E-state index in [9.17, 15) is 9.18 Å². The molecule has 29 heavy (non-hydrogen) atoms. The van der Waals surface area contributed by atoms with E-state index in [4.69, 9.17) is 9.47 Å². The minimum absolute atomic E-state index is 0.247. The Morgan fingerprint density at radius 3 is 2.59 bits per heavy atom. The van der Waals surface area contributed by atoms with Crippen LogP contribution in [0.1, 0.15) is 28.4 Å². The Morgan fingerprint density at radius 1 is 1.03 bits per heavy atom. The Balaban J connectivity index is 1.62. The molecule has 0 aliphatic carbocycles. The molecule has 0 saturated heterocycles. The summed E-state index contributed by atoms with van der Waals surface area (Å²) in [6, 6.07) is 15.4. The molecule has 0 fully saturated rings. The number of amides is 1. The normalized spacial score (nSPS) is 10.4. The first-order valence-corrected chi connectivity index (χ1v) is 9.47. The molecule has 5 nitrogen and oxygen atoms in total. The van der Waals surface area contributed by atoms with Crippen LogP contribution in [0.25, 0.3) is 0 Å². The fraction of sp³-hybridized carbons (Fsp3) is 0.217. The van der Waals surface area contributed by atoms with Gasteiger partial charge in [-0.05, 0) is 60.9 Å². The predicted molar refractivity (Wildman–Crippen MR) is 109 cm³/mol. The van der Waals surface area contributed by atoms with Crippen LogP contribution in [0.3, 0.4) is 0 Å². The van der Waals surface area contributed by atoms with Gasteiger partial charge in [0.25, 0.3) is 5.91 Å². The molecule has 0 bridgehead atoms. The maximum absolute atomic E-state index is 13.7. The van der Waals surface area contributed by atoms with E-state index in [0.29, 0.717) is 48.8 Å². The highest BCUT2D eigenvalue weighted by molar-refractivity contribution is 5.94. The second-order valence-corrected chi connectivity index (χ2v) is 6.34. The zero-order valence-corrected chi connectivity index (χ0v) is 16.2. The van der Waals surface area contributed by atoms with Gasteiger partial charge in [-0.1, -0.05) is 18.2 Å². The Morgan fingerprint density at radius 2 is 1.83 bits per heavy atom. The minimum Gasteiger partial charge on any atom is -0.490 e. The van der Waals surface area contributed by atoms with Gasteiger partial charge in [-0.15, -0.1) is 0 Å². The second-order valence-electron chi connectivity index (χ2n) is 6.34. The fourth-order valence-corrected chi connectivity index (χ4v) is 2.79. The monoisotopic (exact) mass is 394 g/mol. The SMILES string of the molecule is CCOc1cc(C(=O)NCCc2ccccc2F)ccc1OCc1ccncc1. The van der Waals surface area contributed by atoms with Gasteiger partial charge in [0.15, 0.2) is 11.5 Å². The van der Waals surface area contributed by atoms with Crippen molar-refractivity contribution in [3.63, 3.8) is 0 Å². The first-order chi connectivity index (χ1) is 14.2. The lowest BCUT2D eigenvalue weighted by Crippen LogP contribution is -2.26. The predicted octanol–water partition coefficient (Wildman–Crippen LogP) is 4.17. The van der Waals surface area contributed by atoms with Gasteiger partial charge in [0.1, 0.15) is 12.4 Å². The van der Waals surface area contributed by atoms with Crippen LogP contribution in [0.2, 0.25) is 0 Å². The summed E-state index contributed by atoms with van der Waals surface area (Å²) < 4.78 is 25.1. The van der Waals surface area contributed by atoms with E-state index in [1.807, 2.05) is 19.1 Å². The molecule has 0 saturated carbocycles. The first kappa shape index (κ1) is 20.3. The number of benzene rings is 2. The molecular weight excluding hydrogens is 371 g/mol. The van der Waals surface area contributed by atoms with Crippen LogP contribution in [0.5, 0.6) is 11.5 Å². The number of carbonyl (C=O) groups excluding carboxylic acids is 1. The van der Waals surface area contributed by atoms with E-state index in [1.165, 1.54) is 6.07 Å². The molecule has 3 rings (SSSR count). The third kappa shape index (κ3) is 5.78. The van der Waals surface area contributed by atoms with Crippen LogP contribution < -0.4 is 14.8 Å². The quantitative estimate of drug-likeness (QED) is 0.592. The first-order valence-electron chi connectivity index (χ1n) is 9.47. The number of nitrogens with zero attached hydrogens (tertiary/aromatic N) is 1. The highest BCUT2D eigenvalue weighted by Gasteiger charge is 2.12. The van der Waals surface area contributed by atoms with E-state index >= 15 is 0 Å². The van der Waals surface area contributed by atoms with Gasteiger partial charge < -0.3 is 14.8 Å². The van der Waals surface area contributed by atoms with Crippen LogP contribution in [0.4, 0.5) is 4.39 Å². The van der Waals surface area contributed by atoms with Crippen LogP contribution >= 0.6 is 0 Å². The molecule has 2 aromatic carbocycles. The molecular formula is C23H23FN2O3. The number of pyridine rings is 1. The lowest BCUT2D eigenvalue weighted by molar-refractivity contribution is 0.0953. The van der Waals surface area contributed by atoms with E-state index in [-0.39, 0.29) is 11.7 Å². The van der Waals surface area contributed by atoms with E-state index in [1.54, 1.807) is 48.8 Å². The summed E-state index contributed by atoms with van der Waals surface area (Å²) in [6.07, 6.45) is 3.83. The van der Waals surface area contributed by atoms with E-state index in [2.05, 4.69) is 10.3 Å². The van der Waals surface area contributed by atoms with Gasteiger partial charge in [-0.2, -0.15) is 0 Å². The molecule has 6 heteroatoms. The van der Waals surface area contributed by atoms with Gasteiger partial charge in [-0.3, -0.25) is 9.78 Å². The zero-order valence-electron chi connectivity index (χ0n) is 16.2. The molecule has 3 aromatic rings. The van der Waals surface area contributed by atoms with Crippen LogP contribution in [0.15, 0.2) is 67.0 Å². The Bertz CT molecular complexity index is 948. The van der Waals surface area contributed by atoms with Crippen molar-refractivity contribution < 1.29 is 18.7 Å². The average Bonchev–Trinajstić information content (AvgIpc) is 2.75. The van der Waals surface area contributed by atoms with Crippen molar-refractivity contribution in [1.29, 1.82) is 0 Å². The lowest BCUT2D eigenvalue weighted by Gasteiger charge is -2.13. The van der Waals surface area contributed by atoms with Crippen LogP contribution in [-0.4, -0.2) is 24.0 Å². The van der Waals surface area contributed by atoms with Gasteiger partial charge >= 0.3 is 0 Å². The molecule has 150 valence electrons. The van der Waals surface area contributed by atoms with Gasteiger partial charge in [0.05, 0.1) is 6.61 Å². The smallest absolute Gasteiger partial charge is 0.251 e. The summed E-state index contributed by atoms with van der Waals surface area (Å²) in [7, 11) is 0. The third-order valence-electron chi connectivity index (χ3n) is 4.29. The highest BCUT2D eigenvalue weighted by Crippen LogP contribution is 2.29. The molecule has 1 aromatic heterocycles. The van der Waals surface area contributed by atoms with Crippen molar-refractivity contribution in [2.24, 2.45) is 0 Å². The van der Waals surface area contributed by atoms with Gasteiger partial charge in [0, 0.05) is 24.5 Å². The summed E-state index contributed by atoms with van der Waals surface area (Å²) in [5, 5.41) is 2.81. The highest BCUT2D eigenvalue weighted by atomic mass is 19.1. The molecule has 0 aliphatic heterocycles. The van der Waals surface area contributed by atoms with Gasteiger partial charge in [0.2, 0.25) is 0 Å². The molecule has 0 atom stereocenters. The molecule has 1 amide bonds.